The highest BCUT2D eigenvalue weighted by molar-refractivity contribution is 6.02. The van der Waals surface area contributed by atoms with Crippen LogP contribution < -0.4 is 15.0 Å². The zero-order valence-electron chi connectivity index (χ0n) is 22.8. The van der Waals surface area contributed by atoms with E-state index in [1.165, 1.54) is 24.1 Å². The number of rotatable bonds is 8. The first-order chi connectivity index (χ1) is 19.7. The van der Waals surface area contributed by atoms with Gasteiger partial charge in [-0.25, -0.2) is 4.98 Å². The van der Waals surface area contributed by atoms with Gasteiger partial charge in [0.2, 0.25) is 11.8 Å². The molecule has 214 valence electrons. The number of aryl methyl sites for hydroxylation is 1. The van der Waals surface area contributed by atoms with Crippen molar-refractivity contribution in [1.82, 2.24) is 14.9 Å². The molecule has 1 atom stereocenters. The molecule has 1 aliphatic carbocycles. The molecule has 1 aromatic heterocycles. The number of fused-ring (bicyclic) bond motifs is 1. The lowest BCUT2D eigenvalue weighted by atomic mass is 10.0. The van der Waals surface area contributed by atoms with Gasteiger partial charge in [0.15, 0.2) is 0 Å². The molecule has 3 aromatic carbocycles. The molecule has 1 N–H and O–H groups in total. The lowest BCUT2D eigenvalue weighted by Crippen LogP contribution is -2.47. The molecular weight excluding hydrogens is 533 g/mol. The largest absolute Gasteiger partial charge is 0.497 e. The number of halogens is 3. The summed E-state index contributed by atoms with van der Waals surface area (Å²) < 4.78 is 48.4. The summed E-state index contributed by atoms with van der Waals surface area (Å²) in [5.41, 5.74) is 0.892. The number of benzene rings is 3. The maximum atomic E-state index is 14.2. The number of imidazole rings is 1. The van der Waals surface area contributed by atoms with Gasteiger partial charge >= 0.3 is 6.18 Å². The van der Waals surface area contributed by atoms with Gasteiger partial charge in [-0.2, -0.15) is 13.2 Å². The number of amides is 2. The number of hydrogen-bond donors (Lipinski definition) is 1. The van der Waals surface area contributed by atoms with E-state index in [1.54, 1.807) is 35.8 Å². The summed E-state index contributed by atoms with van der Waals surface area (Å²) in [4.78, 5) is 33.9. The van der Waals surface area contributed by atoms with Gasteiger partial charge in [0.05, 0.1) is 23.7 Å². The molecule has 0 aliphatic heterocycles. The van der Waals surface area contributed by atoms with Gasteiger partial charge in [0.1, 0.15) is 24.2 Å². The van der Waals surface area contributed by atoms with Crippen molar-refractivity contribution in [2.45, 2.75) is 57.4 Å². The Morgan fingerprint density at radius 3 is 2.44 bits per heavy atom. The van der Waals surface area contributed by atoms with E-state index < -0.39 is 29.6 Å². The van der Waals surface area contributed by atoms with E-state index >= 15 is 0 Å². The van der Waals surface area contributed by atoms with Crippen LogP contribution in [0, 0.1) is 6.92 Å². The standard InChI is InChI=1S/C31H31F3N4O3/c1-20-35-26-12-5-6-13-27(26)37(20)19-28(39)38(24-11-7-8-22(18-24)31(32,33)34)29(21-14-16-25(41-2)17-15-21)30(40)36-23-9-3-4-10-23/h5-8,11-18,23,29H,3-4,9-10,19H2,1-2H3,(H,36,40). The molecule has 1 fully saturated rings. The lowest BCUT2D eigenvalue weighted by molar-refractivity contribution is -0.137. The predicted octanol–water partition coefficient (Wildman–Crippen LogP) is 6.21. The van der Waals surface area contributed by atoms with Gasteiger partial charge < -0.3 is 14.6 Å². The Kier molecular flexibility index (Phi) is 8.01. The van der Waals surface area contributed by atoms with Crippen molar-refractivity contribution >= 4 is 28.5 Å². The average Bonchev–Trinajstić information content (AvgIpc) is 3.58. The number of carbonyl (C=O) groups excluding carboxylic acids is 2. The number of aromatic nitrogens is 2. The maximum Gasteiger partial charge on any atom is 0.416 e. The summed E-state index contributed by atoms with van der Waals surface area (Å²) in [6.07, 6.45) is -1.08. The molecule has 1 aliphatic rings. The summed E-state index contributed by atoms with van der Waals surface area (Å²) in [6.45, 7) is 1.53. The number of carbonyl (C=O) groups is 2. The van der Waals surface area contributed by atoms with E-state index in [9.17, 15) is 22.8 Å². The summed E-state index contributed by atoms with van der Waals surface area (Å²) >= 11 is 0. The first-order valence-electron chi connectivity index (χ1n) is 13.5. The molecule has 7 nitrogen and oxygen atoms in total. The zero-order valence-corrected chi connectivity index (χ0v) is 22.8. The van der Waals surface area contributed by atoms with Gasteiger partial charge in [-0.05, 0) is 67.8 Å². The Bertz CT molecular complexity index is 1540. The van der Waals surface area contributed by atoms with Gasteiger partial charge in [-0.1, -0.05) is 43.2 Å². The van der Waals surface area contributed by atoms with Crippen molar-refractivity contribution in [3.05, 3.63) is 89.7 Å². The fraction of sp³-hybridized carbons (Fsp3) is 0.323. The minimum absolute atomic E-state index is 0.0331. The van der Waals surface area contributed by atoms with Crippen molar-refractivity contribution in [1.29, 1.82) is 0 Å². The Balaban J connectivity index is 1.63. The minimum Gasteiger partial charge on any atom is -0.497 e. The predicted molar refractivity (Wildman–Crippen MR) is 150 cm³/mol. The number of nitrogens with one attached hydrogen (secondary N) is 1. The monoisotopic (exact) mass is 564 g/mol. The van der Waals surface area contributed by atoms with Crippen LogP contribution in [0.5, 0.6) is 5.75 Å². The molecule has 0 radical (unpaired) electrons. The van der Waals surface area contributed by atoms with Crippen molar-refractivity contribution < 1.29 is 27.5 Å². The van der Waals surface area contributed by atoms with E-state index in [4.69, 9.17) is 4.74 Å². The van der Waals surface area contributed by atoms with E-state index in [2.05, 4.69) is 10.3 Å². The Hall–Kier alpha value is -4.34. The SMILES string of the molecule is COc1ccc(C(C(=O)NC2CCCC2)N(C(=O)Cn2c(C)nc3ccccc32)c2cccc(C(F)(F)F)c2)cc1. The summed E-state index contributed by atoms with van der Waals surface area (Å²) in [7, 11) is 1.51. The van der Waals surface area contributed by atoms with E-state index in [0.29, 0.717) is 28.2 Å². The third kappa shape index (κ3) is 6.06. The van der Waals surface area contributed by atoms with Crippen LogP contribution in [0.15, 0.2) is 72.8 Å². The first-order valence-corrected chi connectivity index (χ1v) is 13.5. The highest BCUT2D eigenvalue weighted by Crippen LogP contribution is 2.36. The highest BCUT2D eigenvalue weighted by atomic mass is 19.4. The van der Waals surface area contributed by atoms with Gasteiger partial charge in [-0.3, -0.25) is 14.5 Å². The fourth-order valence-electron chi connectivity index (χ4n) is 5.43. The molecular formula is C31H31F3N4O3. The number of hydrogen-bond acceptors (Lipinski definition) is 4. The number of methoxy groups -OCH3 is 1. The molecule has 0 bridgehead atoms. The van der Waals surface area contributed by atoms with E-state index in [0.717, 1.165) is 37.8 Å². The van der Waals surface area contributed by atoms with Crippen LogP contribution in [0.1, 0.15) is 48.7 Å². The van der Waals surface area contributed by atoms with Crippen LogP contribution in [0.25, 0.3) is 11.0 Å². The van der Waals surface area contributed by atoms with E-state index in [-0.39, 0.29) is 18.3 Å². The summed E-state index contributed by atoms with van der Waals surface area (Å²) in [5.74, 6) is 0.0964. The van der Waals surface area contributed by atoms with Crippen molar-refractivity contribution in [2.24, 2.45) is 0 Å². The number of para-hydroxylation sites is 2. The second kappa shape index (κ2) is 11.6. The van der Waals surface area contributed by atoms with Crippen LogP contribution >= 0.6 is 0 Å². The molecule has 1 saturated carbocycles. The molecule has 1 heterocycles. The molecule has 2 amide bonds. The normalized spacial score (nSPS) is 14.7. The number of nitrogens with zero attached hydrogens (tertiary/aromatic N) is 3. The van der Waals surface area contributed by atoms with Gasteiger partial charge in [0, 0.05) is 11.7 Å². The molecule has 41 heavy (non-hydrogen) atoms. The number of anilines is 1. The third-order valence-electron chi connectivity index (χ3n) is 7.50. The first kappa shape index (κ1) is 28.2. The zero-order chi connectivity index (χ0) is 29.1. The molecule has 10 heteroatoms. The molecule has 5 rings (SSSR count). The molecule has 1 unspecified atom stereocenters. The molecule has 4 aromatic rings. The van der Waals surface area contributed by atoms with Gasteiger partial charge in [0.25, 0.3) is 0 Å². The fourth-order valence-corrected chi connectivity index (χ4v) is 5.43. The molecule has 0 saturated heterocycles. The number of ether oxygens (including phenoxy) is 1. The second-order valence-corrected chi connectivity index (χ2v) is 10.2. The van der Waals surface area contributed by atoms with Crippen LogP contribution in [0.3, 0.4) is 0 Å². The van der Waals surface area contributed by atoms with Gasteiger partial charge in [-0.15, -0.1) is 0 Å². The molecule has 0 spiro atoms. The highest BCUT2D eigenvalue weighted by Gasteiger charge is 2.37. The van der Waals surface area contributed by atoms with Crippen molar-refractivity contribution in [3.63, 3.8) is 0 Å². The quantitative estimate of drug-likeness (QED) is 0.276. The summed E-state index contributed by atoms with van der Waals surface area (Å²) in [6, 6.07) is 17.2. The third-order valence-corrected chi connectivity index (χ3v) is 7.50. The van der Waals surface area contributed by atoms with Crippen LogP contribution in [-0.4, -0.2) is 34.5 Å². The van der Waals surface area contributed by atoms with Crippen molar-refractivity contribution in [2.75, 3.05) is 12.0 Å². The van der Waals surface area contributed by atoms with Crippen LogP contribution in [-0.2, 0) is 22.3 Å². The van der Waals surface area contributed by atoms with Crippen molar-refractivity contribution in [3.8, 4) is 5.75 Å². The second-order valence-electron chi connectivity index (χ2n) is 10.2. The topological polar surface area (TPSA) is 76.5 Å². The van der Waals surface area contributed by atoms with E-state index in [1.807, 2.05) is 24.3 Å². The Morgan fingerprint density at radius 2 is 1.76 bits per heavy atom. The summed E-state index contributed by atoms with van der Waals surface area (Å²) in [5, 5.41) is 3.05. The lowest BCUT2D eigenvalue weighted by Gasteiger charge is -2.33. The smallest absolute Gasteiger partial charge is 0.416 e. The maximum absolute atomic E-state index is 14.2. The Morgan fingerprint density at radius 1 is 1.05 bits per heavy atom. The average molecular weight is 565 g/mol. The Labute approximate surface area is 235 Å². The number of alkyl halides is 3. The van der Waals surface area contributed by atoms with Crippen LogP contribution in [0.4, 0.5) is 18.9 Å². The minimum atomic E-state index is -4.64. The van der Waals surface area contributed by atoms with Crippen LogP contribution in [0.2, 0.25) is 0 Å².